The fraction of sp³-hybridized carbons (Fsp3) is 0.407. The first-order chi connectivity index (χ1) is 17.5. The van der Waals surface area contributed by atoms with Gasteiger partial charge in [-0.05, 0) is 43.1 Å². The molecule has 3 aliphatic heterocycles. The fourth-order valence-corrected chi connectivity index (χ4v) is 7.29. The van der Waals surface area contributed by atoms with Crippen LogP contribution < -0.4 is 0 Å². The lowest BCUT2D eigenvalue weighted by atomic mass is 10.0. The van der Waals surface area contributed by atoms with Gasteiger partial charge in [-0.25, -0.2) is 8.42 Å². The fourth-order valence-electron chi connectivity index (χ4n) is 5.69. The first-order valence-electron chi connectivity index (χ1n) is 12.6. The zero-order valence-corrected chi connectivity index (χ0v) is 21.2. The van der Waals surface area contributed by atoms with E-state index in [1.54, 1.807) is 12.1 Å². The van der Waals surface area contributed by atoms with Crippen LogP contribution in [0.3, 0.4) is 0 Å². The van der Waals surface area contributed by atoms with E-state index in [1.165, 1.54) is 5.56 Å². The number of likely N-dealkylation sites (tertiary alicyclic amines) is 1. The molecule has 0 N–H and O–H groups in total. The molecule has 6 rings (SSSR count). The van der Waals surface area contributed by atoms with Crippen molar-refractivity contribution in [1.29, 1.82) is 0 Å². The molecule has 188 valence electrons. The number of aromatic nitrogens is 3. The van der Waals surface area contributed by atoms with Crippen LogP contribution in [0.2, 0.25) is 0 Å². The van der Waals surface area contributed by atoms with Crippen molar-refractivity contribution in [3.63, 3.8) is 0 Å². The summed E-state index contributed by atoms with van der Waals surface area (Å²) in [4.78, 5) is 9.16. The van der Waals surface area contributed by atoms with Crippen LogP contribution in [-0.4, -0.2) is 72.4 Å². The van der Waals surface area contributed by atoms with Gasteiger partial charge in [0.15, 0.2) is 9.84 Å². The summed E-state index contributed by atoms with van der Waals surface area (Å²) in [5.74, 6) is -0.0501. The summed E-state index contributed by atoms with van der Waals surface area (Å²) >= 11 is 0. The van der Waals surface area contributed by atoms with Crippen LogP contribution in [0, 0.1) is 0 Å². The summed E-state index contributed by atoms with van der Waals surface area (Å²) in [6.45, 7) is 9.85. The van der Waals surface area contributed by atoms with Gasteiger partial charge in [0.25, 0.3) is 0 Å². The van der Waals surface area contributed by atoms with E-state index in [2.05, 4.69) is 38.2 Å². The van der Waals surface area contributed by atoms with Crippen LogP contribution in [0.25, 0.3) is 17.0 Å². The van der Waals surface area contributed by atoms with E-state index in [-0.39, 0.29) is 11.8 Å². The first-order valence-corrected chi connectivity index (χ1v) is 14.2. The molecule has 2 fully saturated rings. The van der Waals surface area contributed by atoms with Gasteiger partial charge in [0.1, 0.15) is 5.69 Å². The van der Waals surface area contributed by atoms with Crippen molar-refractivity contribution < 1.29 is 13.2 Å². The Morgan fingerprint density at radius 3 is 2.67 bits per heavy atom. The maximum absolute atomic E-state index is 13.3. The minimum absolute atomic E-state index is 0.0501. The van der Waals surface area contributed by atoms with Crippen LogP contribution in [0.15, 0.2) is 60.3 Å². The van der Waals surface area contributed by atoms with Gasteiger partial charge in [-0.3, -0.25) is 14.6 Å². The summed E-state index contributed by atoms with van der Waals surface area (Å²) in [6.07, 6.45) is 5.73. The summed E-state index contributed by atoms with van der Waals surface area (Å²) in [6, 6.07) is 11.6. The van der Waals surface area contributed by atoms with Gasteiger partial charge in [0, 0.05) is 49.7 Å². The highest BCUT2D eigenvalue weighted by molar-refractivity contribution is 7.90. The second-order valence-electron chi connectivity index (χ2n) is 9.81. The zero-order chi connectivity index (χ0) is 24.7. The average molecular weight is 506 g/mol. The molecule has 0 saturated carbocycles. The second kappa shape index (κ2) is 9.46. The summed E-state index contributed by atoms with van der Waals surface area (Å²) < 4.78 is 34.3. The number of rotatable bonds is 5. The molecule has 2 aromatic heterocycles. The average Bonchev–Trinajstić information content (AvgIpc) is 3.28. The lowest BCUT2D eigenvalue weighted by Gasteiger charge is -2.34. The predicted octanol–water partition coefficient (Wildman–Crippen LogP) is 3.37. The van der Waals surface area contributed by atoms with Gasteiger partial charge in [-0.15, -0.1) is 0 Å². The number of hydrogen-bond donors (Lipinski definition) is 0. The maximum atomic E-state index is 13.3. The van der Waals surface area contributed by atoms with Crippen molar-refractivity contribution in [1.82, 2.24) is 24.6 Å². The highest BCUT2D eigenvalue weighted by Crippen LogP contribution is 2.43. The quantitative estimate of drug-likeness (QED) is 0.526. The Labute approximate surface area is 212 Å². The Bertz CT molecular complexity index is 1380. The van der Waals surface area contributed by atoms with E-state index >= 15 is 0 Å². The Hall–Kier alpha value is -3.01. The molecule has 0 radical (unpaired) electrons. The lowest BCUT2D eigenvalue weighted by Crippen LogP contribution is -2.37. The molecule has 36 heavy (non-hydrogen) atoms. The van der Waals surface area contributed by atoms with Crippen LogP contribution in [0.4, 0.5) is 0 Å². The number of nitrogens with zero attached hydrogens (tertiary/aromatic N) is 5. The van der Waals surface area contributed by atoms with Crippen molar-refractivity contribution in [3.05, 3.63) is 72.2 Å². The molecule has 0 amide bonds. The topological polar surface area (TPSA) is 80.6 Å². The van der Waals surface area contributed by atoms with Crippen molar-refractivity contribution in [2.45, 2.75) is 36.1 Å². The Kier molecular flexibility index (Phi) is 6.15. The maximum Gasteiger partial charge on any atom is 0.183 e. The van der Waals surface area contributed by atoms with Gasteiger partial charge in [0.05, 0.1) is 41.3 Å². The molecule has 5 heterocycles. The summed E-state index contributed by atoms with van der Waals surface area (Å²) in [7, 11) is -3.47. The minimum atomic E-state index is -3.47. The minimum Gasteiger partial charge on any atom is -0.378 e. The highest BCUT2D eigenvalue weighted by atomic mass is 32.2. The SMILES string of the molecule is C=C(c1nn([C@H]2CCCN(Cc3ccncc3)C2)c2c1CS(=O)(=O)c1ccccc1-2)N1CCOCC1. The molecular weight excluding hydrogens is 474 g/mol. The molecular formula is C27H31N5O3S. The van der Waals surface area contributed by atoms with E-state index in [9.17, 15) is 8.42 Å². The number of morpholine rings is 1. The van der Waals surface area contributed by atoms with Crippen LogP contribution in [0.1, 0.15) is 35.7 Å². The third-order valence-corrected chi connectivity index (χ3v) is 9.16. The molecule has 9 heteroatoms. The largest absolute Gasteiger partial charge is 0.378 e. The van der Waals surface area contributed by atoms with E-state index in [0.717, 1.165) is 68.1 Å². The van der Waals surface area contributed by atoms with Gasteiger partial charge >= 0.3 is 0 Å². The summed E-state index contributed by atoms with van der Waals surface area (Å²) in [5, 5.41) is 5.13. The van der Waals surface area contributed by atoms with E-state index in [1.807, 2.05) is 24.5 Å². The number of benzene rings is 1. The zero-order valence-electron chi connectivity index (χ0n) is 20.3. The normalized spacial score (nSPS) is 21.6. The molecule has 3 aliphatic rings. The Balaban J connectivity index is 1.41. The third kappa shape index (κ3) is 4.25. The molecule has 0 unspecified atom stereocenters. The van der Waals surface area contributed by atoms with Crippen molar-refractivity contribution in [2.24, 2.45) is 0 Å². The number of sulfone groups is 1. The van der Waals surface area contributed by atoms with Crippen LogP contribution >= 0.6 is 0 Å². The number of fused-ring (bicyclic) bond motifs is 3. The van der Waals surface area contributed by atoms with Gasteiger partial charge < -0.3 is 9.64 Å². The molecule has 1 aromatic carbocycles. The van der Waals surface area contributed by atoms with E-state index < -0.39 is 9.84 Å². The molecule has 0 bridgehead atoms. The Morgan fingerprint density at radius 2 is 1.86 bits per heavy atom. The number of ether oxygens (including phenoxy) is 1. The first kappa shape index (κ1) is 23.4. The molecule has 2 saturated heterocycles. The van der Waals surface area contributed by atoms with Gasteiger partial charge in [-0.2, -0.15) is 5.10 Å². The molecule has 0 aliphatic carbocycles. The van der Waals surface area contributed by atoms with Crippen molar-refractivity contribution in [2.75, 3.05) is 39.4 Å². The molecule has 8 nitrogen and oxygen atoms in total. The van der Waals surface area contributed by atoms with Gasteiger partial charge in [-0.1, -0.05) is 24.8 Å². The Morgan fingerprint density at radius 1 is 1.08 bits per heavy atom. The summed E-state index contributed by atoms with van der Waals surface area (Å²) in [5.41, 5.74) is 5.19. The predicted molar refractivity (Wildman–Crippen MR) is 138 cm³/mol. The number of piperidine rings is 1. The monoisotopic (exact) mass is 505 g/mol. The van der Waals surface area contributed by atoms with Crippen molar-refractivity contribution >= 4 is 15.5 Å². The molecule has 1 atom stereocenters. The number of hydrogen-bond acceptors (Lipinski definition) is 7. The standard InChI is InChI=1S/C27H31N5O3S/c1-20(31-13-15-35-16-14-31)26-24-19-36(33,34)25-7-3-2-6-23(25)27(24)32(29-26)22-5-4-12-30(18-22)17-21-8-10-28-11-9-21/h2-3,6-11,22H,1,4-5,12-19H2/t22-/m0/s1. The highest BCUT2D eigenvalue weighted by Gasteiger charge is 2.37. The van der Waals surface area contributed by atoms with Gasteiger partial charge in [0.2, 0.25) is 0 Å². The molecule has 3 aromatic rings. The second-order valence-corrected chi connectivity index (χ2v) is 11.8. The van der Waals surface area contributed by atoms with E-state index in [4.69, 9.17) is 9.84 Å². The van der Waals surface area contributed by atoms with E-state index in [0.29, 0.717) is 23.8 Å². The van der Waals surface area contributed by atoms with Crippen LogP contribution in [-0.2, 0) is 26.9 Å². The van der Waals surface area contributed by atoms with Crippen LogP contribution in [0.5, 0.6) is 0 Å². The molecule has 0 spiro atoms. The smallest absolute Gasteiger partial charge is 0.183 e. The van der Waals surface area contributed by atoms with Crippen molar-refractivity contribution in [3.8, 4) is 11.3 Å². The third-order valence-electron chi connectivity index (χ3n) is 7.47. The lowest BCUT2D eigenvalue weighted by molar-refractivity contribution is 0.0639. The number of pyridine rings is 1.